The molecule has 9 heteroatoms. The van der Waals surface area contributed by atoms with Crippen molar-refractivity contribution in [3.8, 4) is 0 Å². The zero-order chi connectivity index (χ0) is 35.4. The Labute approximate surface area is 294 Å². The van der Waals surface area contributed by atoms with E-state index >= 15 is 0 Å². The molecule has 0 bridgehead atoms. The van der Waals surface area contributed by atoms with Gasteiger partial charge >= 0.3 is 7.82 Å². The van der Waals surface area contributed by atoms with Gasteiger partial charge in [0.05, 0.1) is 25.4 Å². The third kappa shape index (κ3) is 33.0. The summed E-state index contributed by atoms with van der Waals surface area (Å²) < 4.78 is 22.0. The van der Waals surface area contributed by atoms with Crippen LogP contribution in [0.3, 0.4) is 0 Å². The number of amides is 1. The summed E-state index contributed by atoms with van der Waals surface area (Å²) in [4.78, 5) is 22.6. The molecule has 0 saturated carbocycles. The number of hydrogen-bond acceptors (Lipinski definition) is 6. The number of unbranched alkanes of at least 4 members (excludes halogenated alkanes) is 17. The summed E-state index contributed by atoms with van der Waals surface area (Å²) in [6, 6.07) is -0.882. The van der Waals surface area contributed by atoms with Gasteiger partial charge in [0.2, 0.25) is 5.91 Å². The number of carbonyl (C=O) groups excluding carboxylic acids is 1. The van der Waals surface area contributed by atoms with Crippen LogP contribution in [-0.2, 0) is 18.4 Å². The molecule has 0 aromatic rings. The van der Waals surface area contributed by atoms with Gasteiger partial charge in [-0.3, -0.25) is 13.8 Å². The first-order chi connectivity index (χ1) is 23.4. The van der Waals surface area contributed by atoms with E-state index in [2.05, 4.69) is 55.6 Å². The Hall–Kier alpha value is -1.54. The second kappa shape index (κ2) is 35.3. The molecule has 0 aliphatic heterocycles. The summed E-state index contributed by atoms with van der Waals surface area (Å²) >= 11 is 0. The number of rotatable bonds is 35. The van der Waals surface area contributed by atoms with Crippen LogP contribution in [-0.4, -0.2) is 47.8 Å². The van der Waals surface area contributed by atoms with E-state index < -0.39 is 20.0 Å². The molecule has 0 heterocycles. The van der Waals surface area contributed by atoms with Crippen LogP contribution in [0.2, 0.25) is 0 Å². The molecule has 280 valence electrons. The zero-order valence-electron chi connectivity index (χ0n) is 30.7. The predicted molar refractivity (Wildman–Crippen MR) is 203 cm³/mol. The molecular formula is C39H73N2O6P. The van der Waals surface area contributed by atoms with Gasteiger partial charge in [-0.05, 0) is 64.2 Å². The van der Waals surface area contributed by atoms with Crippen molar-refractivity contribution in [2.24, 2.45) is 5.73 Å². The van der Waals surface area contributed by atoms with Crippen molar-refractivity contribution >= 4 is 13.7 Å². The molecule has 3 atom stereocenters. The largest absolute Gasteiger partial charge is 0.472 e. The van der Waals surface area contributed by atoms with Crippen molar-refractivity contribution in [2.45, 2.75) is 174 Å². The molecule has 0 spiro atoms. The highest BCUT2D eigenvalue weighted by Gasteiger charge is 2.26. The van der Waals surface area contributed by atoms with E-state index in [1.807, 2.05) is 6.08 Å². The smallest absolute Gasteiger partial charge is 0.387 e. The standard InChI is InChI=1S/C39H73N2O6P/c1-3-5-7-9-11-13-15-16-17-18-19-20-21-22-23-25-27-29-31-33-39(43)41-37(36-47-48(44,45)46-35-34-40)38(42)32-30-28-26-24-14-12-10-8-6-4-2/h6,8,14,16-17,24,30,32,37-38,42H,3-5,7,9-13,15,18-23,25-29,31,33-36,40H2,1-2H3,(H,41,43)(H,44,45)/b8-6+,17-16-,24-14+,32-30+. The number of phosphoric acid groups is 1. The fourth-order valence-corrected chi connectivity index (χ4v) is 5.98. The minimum absolute atomic E-state index is 0.0700. The molecule has 1 amide bonds. The molecule has 5 N–H and O–H groups in total. The zero-order valence-corrected chi connectivity index (χ0v) is 31.6. The van der Waals surface area contributed by atoms with E-state index in [-0.39, 0.29) is 25.7 Å². The Morgan fingerprint density at radius 2 is 1.17 bits per heavy atom. The van der Waals surface area contributed by atoms with E-state index in [0.29, 0.717) is 6.42 Å². The number of aliphatic hydroxyl groups is 1. The number of hydrogen-bond donors (Lipinski definition) is 4. The predicted octanol–water partition coefficient (Wildman–Crippen LogP) is 10.2. The number of nitrogens with two attached hydrogens (primary N) is 1. The lowest BCUT2D eigenvalue weighted by atomic mass is 10.0. The second-order valence-corrected chi connectivity index (χ2v) is 14.2. The van der Waals surface area contributed by atoms with Crippen LogP contribution in [0, 0.1) is 0 Å². The van der Waals surface area contributed by atoms with E-state index in [1.54, 1.807) is 6.08 Å². The number of allylic oxidation sites excluding steroid dienone is 7. The fraction of sp³-hybridized carbons (Fsp3) is 0.769. The minimum Gasteiger partial charge on any atom is -0.387 e. The van der Waals surface area contributed by atoms with Crippen LogP contribution in [0.4, 0.5) is 0 Å². The average molecular weight is 697 g/mol. The van der Waals surface area contributed by atoms with Gasteiger partial charge in [0, 0.05) is 13.0 Å². The Balaban J connectivity index is 4.23. The van der Waals surface area contributed by atoms with Crippen LogP contribution in [0.5, 0.6) is 0 Å². The molecule has 0 radical (unpaired) electrons. The van der Waals surface area contributed by atoms with Crippen molar-refractivity contribution in [1.29, 1.82) is 0 Å². The third-order valence-electron chi connectivity index (χ3n) is 8.12. The van der Waals surface area contributed by atoms with Crippen LogP contribution >= 0.6 is 7.82 Å². The summed E-state index contributed by atoms with van der Waals surface area (Å²) in [7, 11) is -4.34. The van der Waals surface area contributed by atoms with Crippen LogP contribution in [0.1, 0.15) is 162 Å². The first kappa shape index (κ1) is 46.5. The summed E-state index contributed by atoms with van der Waals surface area (Å²) in [5.41, 5.74) is 5.34. The Bertz CT molecular complexity index is 892. The maximum atomic E-state index is 12.7. The number of aliphatic hydroxyl groups excluding tert-OH is 1. The monoisotopic (exact) mass is 697 g/mol. The van der Waals surface area contributed by atoms with Crippen LogP contribution < -0.4 is 11.1 Å². The molecule has 0 fully saturated rings. The molecule has 0 aromatic heterocycles. The van der Waals surface area contributed by atoms with Crippen LogP contribution in [0.15, 0.2) is 48.6 Å². The molecule has 0 saturated heterocycles. The van der Waals surface area contributed by atoms with Crippen molar-refractivity contribution in [1.82, 2.24) is 5.32 Å². The summed E-state index contributed by atoms with van der Waals surface area (Å²) in [6.45, 7) is 3.96. The lowest BCUT2D eigenvalue weighted by Crippen LogP contribution is -2.45. The van der Waals surface area contributed by atoms with Gasteiger partial charge in [-0.25, -0.2) is 4.57 Å². The van der Waals surface area contributed by atoms with Gasteiger partial charge in [-0.1, -0.05) is 140 Å². The lowest BCUT2D eigenvalue weighted by Gasteiger charge is -2.23. The Kier molecular flexibility index (Phi) is 34.2. The highest BCUT2D eigenvalue weighted by molar-refractivity contribution is 7.47. The Morgan fingerprint density at radius 1 is 0.688 bits per heavy atom. The first-order valence-electron chi connectivity index (χ1n) is 19.3. The maximum absolute atomic E-state index is 12.7. The third-order valence-corrected chi connectivity index (χ3v) is 9.10. The van der Waals surface area contributed by atoms with E-state index in [9.17, 15) is 19.4 Å². The van der Waals surface area contributed by atoms with Crippen molar-refractivity contribution in [2.75, 3.05) is 19.8 Å². The molecule has 8 nitrogen and oxygen atoms in total. The lowest BCUT2D eigenvalue weighted by molar-refractivity contribution is -0.123. The van der Waals surface area contributed by atoms with E-state index in [4.69, 9.17) is 14.8 Å². The van der Waals surface area contributed by atoms with Gasteiger partial charge in [0.15, 0.2) is 0 Å². The van der Waals surface area contributed by atoms with Gasteiger partial charge in [-0.2, -0.15) is 0 Å². The van der Waals surface area contributed by atoms with Gasteiger partial charge < -0.3 is 21.1 Å². The summed E-state index contributed by atoms with van der Waals surface area (Å²) in [6.07, 6.45) is 41.7. The molecule has 3 unspecified atom stereocenters. The van der Waals surface area contributed by atoms with Gasteiger partial charge in [0.25, 0.3) is 0 Å². The van der Waals surface area contributed by atoms with Gasteiger partial charge in [0.1, 0.15) is 0 Å². The molecular weight excluding hydrogens is 623 g/mol. The minimum atomic E-state index is -4.34. The number of carbonyl (C=O) groups is 1. The molecule has 0 aromatic carbocycles. The SMILES string of the molecule is CC/C=C/CC/C=C/CC/C=C/C(O)C(COP(=O)(O)OCCN)NC(=O)CCCCCCCCCCC/C=C\CCCCCCCC. The quantitative estimate of drug-likeness (QED) is 0.0295. The Morgan fingerprint density at radius 3 is 1.71 bits per heavy atom. The van der Waals surface area contributed by atoms with Crippen LogP contribution in [0.25, 0.3) is 0 Å². The molecule has 0 rings (SSSR count). The van der Waals surface area contributed by atoms with Crippen molar-refractivity contribution in [3.63, 3.8) is 0 Å². The summed E-state index contributed by atoms with van der Waals surface area (Å²) in [5.74, 6) is -0.215. The molecule has 0 aliphatic carbocycles. The van der Waals surface area contributed by atoms with E-state index in [0.717, 1.165) is 51.4 Å². The number of nitrogens with one attached hydrogen (secondary N) is 1. The number of phosphoric ester groups is 1. The normalized spacial score (nSPS) is 14.9. The van der Waals surface area contributed by atoms with Gasteiger partial charge in [-0.15, -0.1) is 0 Å². The van der Waals surface area contributed by atoms with Crippen molar-refractivity contribution in [3.05, 3.63) is 48.6 Å². The first-order valence-corrected chi connectivity index (χ1v) is 20.8. The highest BCUT2D eigenvalue weighted by Crippen LogP contribution is 2.43. The molecule has 48 heavy (non-hydrogen) atoms. The fourth-order valence-electron chi connectivity index (χ4n) is 5.22. The maximum Gasteiger partial charge on any atom is 0.472 e. The average Bonchev–Trinajstić information content (AvgIpc) is 3.07. The molecule has 0 aliphatic rings. The van der Waals surface area contributed by atoms with E-state index in [1.165, 1.54) is 89.9 Å². The second-order valence-electron chi connectivity index (χ2n) is 12.7. The topological polar surface area (TPSA) is 131 Å². The summed E-state index contributed by atoms with van der Waals surface area (Å²) in [5, 5.41) is 13.5. The van der Waals surface area contributed by atoms with Crippen molar-refractivity contribution < 1.29 is 28.4 Å². The highest BCUT2D eigenvalue weighted by atomic mass is 31.2.